The van der Waals surface area contributed by atoms with E-state index in [9.17, 15) is 13.6 Å². The first-order valence-corrected chi connectivity index (χ1v) is 5.94. The van der Waals surface area contributed by atoms with Gasteiger partial charge in [0, 0.05) is 24.2 Å². The van der Waals surface area contributed by atoms with Crippen molar-refractivity contribution in [1.29, 1.82) is 0 Å². The van der Waals surface area contributed by atoms with Crippen molar-refractivity contribution < 1.29 is 18.7 Å². The second-order valence-corrected chi connectivity index (χ2v) is 4.10. The number of aliphatic carboxylic acids is 1. The largest absolute Gasteiger partial charge is 0.481 e. The van der Waals surface area contributed by atoms with Crippen molar-refractivity contribution in [3.8, 4) is 0 Å². The average molecular weight is 257 g/mol. The standard InChI is InChI=1S/C13H17F2NO2/c1-2-3-12(16-7-6-13(17)18)10-5-4-9(14)8-11(10)15/h4-5,8,12,16H,2-3,6-7H2,1H3,(H,17,18). The maximum Gasteiger partial charge on any atom is 0.304 e. The van der Waals surface area contributed by atoms with E-state index < -0.39 is 17.6 Å². The molecule has 1 atom stereocenters. The fraction of sp³-hybridized carbons (Fsp3) is 0.462. The molecule has 0 aliphatic heterocycles. The van der Waals surface area contributed by atoms with Gasteiger partial charge in [0.25, 0.3) is 0 Å². The molecule has 1 unspecified atom stereocenters. The third kappa shape index (κ3) is 4.41. The molecule has 0 amide bonds. The van der Waals surface area contributed by atoms with E-state index in [2.05, 4.69) is 5.32 Å². The Bertz CT molecular complexity index is 410. The Labute approximate surface area is 105 Å². The van der Waals surface area contributed by atoms with Gasteiger partial charge in [-0.3, -0.25) is 4.79 Å². The molecule has 100 valence electrons. The number of hydrogen-bond acceptors (Lipinski definition) is 2. The molecule has 1 aromatic rings. The summed E-state index contributed by atoms with van der Waals surface area (Å²) in [4.78, 5) is 10.4. The highest BCUT2D eigenvalue weighted by molar-refractivity contribution is 5.66. The molecule has 0 aliphatic rings. The van der Waals surface area contributed by atoms with Gasteiger partial charge in [0.2, 0.25) is 0 Å². The van der Waals surface area contributed by atoms with E-state index in [0.717, 1.165) is 12.5 Å². The zero-order valence-electron chi connectivity index (χ0n) is 10.2. The molecular weight excluding hydrogens is 240 g/mol. The number of benzene rings is 1. The smallest absolute Gasteiger partial charge is 0.304 e. The molecule has 2 N–H and O–H groups in total. The van der Waals surface area contributed by atoms with Crippen LogP contribution in [0.4, 0.5) is 8.78 Å². The fourth-order valence-corrected chi connectivity index (χ4v) is 1.79. The van der Waals surface area contributed by atoms with E-state index in [1.165, 1.54) is 12.1 Å². The number of nitrogens with one attached hydrogen (secondary N) is 1. The van der Waals surface area contributed by atoms with E-state index in [1.807, 2.05) is 6.92 Å². The van der Waals surface area contributed by atoms with Gasteiger partial charge in [-0.15, -0.1) is 0 Å². The number of carboxylic acids is 1. The molecule has 1 aromatic carbocycles. The molecule has 0 spiro atoms. The summed E-state index contributed by atoms with van der Waals surface area (Å²) < 4.78 is 26.4. The van der Waals surface area contributed by atoms with Gasteiger partial charge < -0.3 is 10.4 Å². The SMILES string of the molecule is CCCC(NCCC(=O)O)c1ccc(F)cc1F. The Kier molecular flexibility index (Phi) is 5.71. The summed E-state index contributed by atoms with van der Waals surface area (Å²) in [5.41, 5.74) is 0.378. The van der Waals surface area contributed by atoms with Crippen LogP contribution in [-0.2, 0) is 4.79 Å². The second kappa shape index (κ2) is 7.06. The number of carbonyl (C=O) groups is 1. The van der Waals surface area contributed by atoms with E-state index in [1.54, 1.807) is 0 Å². The Morgan fingerprint density at radius 3 is 2.72 bits per heavy atom. The Balaban J connectivity index is 2.73. The Morgan fingerprint density at radius 1 is 1.44 bits per heavy atom. The second-order valence-electron chi connectivity index (χ2n) is 4.10. The Hall–Kier alpha value is -1.49. The molecule has 0 fully saturated rings. The van der Waals surface area contributed by atoms with E-state index >= 15 is 0 Å². The van der Waals surface area contributed by atoms with Gasteiger partial charge in [0.1, 0.15) is 11.6 Å². The van der Waals surface area contributed by atoms with Crippen molar-refractivity contribution >= 4 is 5.97 Å². The van der Waals surface area contributed by atoms with Gasteiger partial charge in [-0.2, -0.15) is 0 Å². The third-order valence-corrected chi connectivity index (χ3v) is 2.64. The number of halogens is 2. The van der Waals surface area contributed by atoms with Gasteiger partial charge >= 0.3 is 5.97 Å². The normalized spacial score (nSPS) is 12.4. The fourth-order valence-electron chi connectivity index (χ4n) is 1.79. The zero-order chi connectivity index (χ0) is 13.5. The summed E-state index contributed by atoms with van der Waals surface area (Å²) in [5, 5.41) is 11.5. The summed E-state index contributed by atoms with van der Waals surface area (Å²) in [5.74, 6) is -2.12. The highest BCUT2D eigenvalue weighted by Gasteiger charge is 2.15. The minimum Gasteiger partial charge on any atom is -0.481 e. The summed E-state index contributed by atoms with van der Waals surface area (Å²) in [6.07, 6.45) is 1.47. The summed E-state index contributed by atoms with van der Waals surface area (Å²) in [6, 6.07) is 3.17. The molecule has 0 saturated carbocycles. The quantitative estimate of drug-likeness (QED) is 0.789. The van der Waals surface area contributed by atoms with Crippen LogP contribution in [0.5, 0.6) is 0 Å². The van der Waals surface area contributed by atoms with Gasteiger partial charge in [-0.05, 0) is 12.5 Å². The van der Waals surface area contributed by atoms with Crippen molar-refractivity contribution in [3.05, 3.63) is 35.4 Å². The first kappa shape index (κ1) is 14.6. The van der Waals surface area contributed by atoms with Crippen LogP contribution in [0.2, 0.25) is 0 Å². The van der Waals surface area contributed by atoms with Crippen LogP contribution >= 0.6 is 0 Å². The topological polar surface area (TPSA) is 49.3 Å². The molecule has 0 bridgehead atoms. The van der Waals surface area contributed by atoms with Crippen molar-refractivity contribution in [2.24, 2.45) is 0 Å². The van der Waals surface area contributed by atoms with Crippen molar-refractivity contribution in [2.45, 2.75) is 32.2 Å². The maximum absolute atomic E-state index is 13.6. The monoisotopic (exact) mass is 257 g/mol. The highest BCUT2D eigenvalue weighted by atomic mass is 19.1. The molecule has 0 radical (unpaired) electrons. The summed E-state index contributed by atoms with van der Waals surface area (Å²) in [7, 11) is 0. The van der Waals surface area contributed by atoms with Gasteiger partial charge in [-0.25, -0.2) is 8.78 Å². The van der Waals surface area contributed by atoms with Crippen LogP contribution in [0.1, 0.15) is 37.8 Å². The average Bonchev–Trinajstić information content (AvgIpc) is 2.28. The molecule has 0 heterocycles. The van der Waals surface area contributed by atoms with Gasteiger partial charge in [0.15, 0.2) is 0 Å². The number of carboxylic acid groups (broad SMARTS) is 1. The lowest BCUT2D eigenvalue weighted by atomic mass is 10.0. The van der Waals surface area contributed by atoms with Gasteiger partial charge in [-0.1, -0.05) is 19.4 Å². The maximum atomic E-state index is 13.6. The van der Waals surface area contributed by atoms with E-state index in [4.69, 9.17) is 5.11 Å². The van der Waals surface area contributed by atoms with Crippen LogP contribution < -0.4 is 5.32 Å². The lowest BCUT2D eigenvalue weighted by Crippen LogP contribution is -2.25. The molecule has 0 aliphatic carbocycles. The van der Waals surface area contributed by atoms with E-state index in [0.29, 0.717) is 12.0 Å². The molecule has 0 saturated heterocycles. The van der Waals surface area contributed by atoms with Crippen LogP contribution in [0, 0.1) is 11.6 Å². The predicted molar refractivity (Wildman–Crippen MR) is 64.3 cm³/mol. The number of hydrogen-bond donors (Lipinski definition) is 2. The minimum atomic E-state index is -0.905. The van der Waals surface area contributed by atoms with Crippen molar-refractivity contribution in [3.63, 3.8) is 0 Å². The first-order chi connectivity index (χ1) is 8.54. The van der Waals surface area contributed by atoms with Crippen molar-refractivity contribution in [2.75, 3.05) is 6.54 Å². The molecule has 3 nitrogen and oxygen atoms in total. The zero-order valence-corrected chi connectivity index (χ0v) is 10.2. The molecule has 5 heteroatoms. The highest BCUT2D eigenvalue weighted by Crippen LogP contribution is 2.22. The Morgan fingerprint density at radius 2 is 2.17 bits per heavy atom. The summed E-state index contributed by atoms with van der Waals surface area (Å²) in [6.45, 7) is 2.21. The minimum absolute atomic E-state index is 0.0248. The molecule has 0 aromatic heterocycles. The molecular formula is C13H17F2NO2. The summed E-state index contributed by atoms with van der Waals surface area (Å²) >= 11 is 0. The lowest BCUT2D eigenvalue weighted by Gasteiger charge is -2.18. The van der Waals surface area contributed by atoms with Gasteiger partial charge in [0.05, 0.1) is 6.42 Å². The van der Waals surface area contributed by atoms with Crippen LogP contribution in [0.25, 0.3) is 0 Å². The lowest BCUT2D eigenvalue weighted by molar-refractivity contribution is -0.136. The number of rotatable bonds is 7. The third-order valence-electron chi connectivity index (χ3n) is 2.64. The van der Waals surface area contributed by atoms with E-state index in [-0.39, 0.29) is 19.0 Å². The van der Waals surface area contributed by atoms with Crippen LogP contribution in [-0.4, -0.2) is 17.6 Å². The first-order valence-electron chi connectivity index (χ1n) is 5.94. The van der Waals surface area contributed by atoms with Crippen LogP contribution in [0.15, 0.2) is 18.2 Å². The van der Waals surface area contributed by atoms with Crippen LogP contribution in [0.3, 0.4) is 0 Å². The van der Waals surface area contributed by atoms with Crippen molar-refractivity contribution in [1.82, 2.24) is 5.32 Å². The molecule has 18 heavy (non-hydrogen) atoms. The predicted octanol–water partition coefficient (Wildman–Crippen LogP) is 2.87. The molecule has 1 rings (SSSR count).